The minimum Gasteiger partial charge on any atom is -0.508 e. The summed E-state index contributed by atoms with van der Waals surface area (Å²) in [5.41, 5.74) is 1.63. The molecule has 0 radical (unpaired) electrons. The van der Waals surface area contributed by atoms with Crippen molar-refractivity contribution in [3.8, 4) is 29.1 Å². The monoisotopic (exact) mass is 487 g/mol. The van der Waals surface area contributed by atoms with Crippen LogP contribution in [0.15, 0.2) is 54.7 Å². The zero-order valence-corrected chi connectivity index (χ0v) is 20.1. The number of benzene rings is 2. The second-order valence-electron chi connectivity index (χ2n) is 8.61. The summed E-state index contributed by atoms with van der Waals surface area (Å²) in [4.78, 5) is 11.2. The molecule has 8 nitrogen and oxygen atoms in total. The van der Waals surface area contributed by atoms with Crippen molar-refractivity contribution in [3.63, 3.8) is 0 Å². The van der Waals surface area contributed by atoms with Crippen LogP contribution in [0.5, 0.6) is 23.0 Å². The Morgan fingerprint density at radius 3 is 2.86 bits per heavy atom. The zero-order valence-electron chi connectivity index (χ0n) is 19.3. The van der Waals surface area contributed by atoms with Crippen LogP contribution in [-0.4, -0.2) is 46.7 Å². The molecule has 1 unspecified atom stereocenters. The van der Waals surface area contributed by atoms with E-state index in [4.69, 9.17) is 9.47 Å². The fourth-order valence-electron chi connectivity index (χ4n) is 4.13. The molecule has 5 rings (SSSR count). The number of pyridine rings is 1. The molecule has 0 saturated carbocycles. The van der Waals surface area contributed by atoms with Crippen LogP contribution in [0.2, 0.25) is 0 Å². The molecule has 2 aromatic carbocycles. The number of phenolic OH excluding ortho intramolecular Hbond substituents is 1. The topological polar surface area (TPSA) is 104 Å². The van der Waals surface area contributed by atoms with Gasteiger partial charge in [-0.15, -0.1) is 0 Å². The lowest BCUT2D eigenvalue weighted by Gasteiger charge is -2.29. The van der Waals surface area contributed by atoms with Gasteiger partial charge in [-0.1, -0.05) is 17.4 Å². The highest BCUT2D eigenvalue weighted by molar-refractivity contribution is 7.22. The Bertz CT molecular complexity index is 1370. The highest BCUT2D eigenvalue weighted by Gasteiger charge is 2.18. The van der Waals surface area contributed by atoms with Gasteiger partial charge < -0.3 is 24.8 Å². The lowest BCUT2D eigenvalue weighted by Crippen LogP contribution is -2.34. The number of piperidine rings is 1. The molecule has 0 aliphatic carbocycles. The number of ether oxygens (including phenoxy) is 2. The Morgan fingerprint density at radius 1 is 1.23 bits per heavy atom. The average molecular weight is 488 g/mol. The van der Waals surface area contributed by atoms with E-state index in [2.05, 4.69) is 33.3 Å². The molecule has 1 atom stereocenters. The van der Waals surface area contributed by atoms with Crippen LogP contribution in [-0.2, 0) is 0 Å². The summed E-state index contributed by atoms with van der Waals surface area (Å²) in [5, 5.41) is 23.2. The van der Waals surface area contributed by atoms with E-state index in [1.165, 1.54) is 43.0 Å². The number of aromatic hydroxyl groups is 1. The molecule has 9 heteroatoms. The predicted octanol–water partition coefficient (Wildman–Crippen LogP) is 5.53. The number of rotatable bonds is 7. The van der Waals surface area contributed by atoms with E-state index >= 15 is 0 Å². The standard InChI is InChI=1S/C26H25N5O3S/c1-31-11-3-4-17(15-31)16-33-21-9-7-19(8-10-21)29-26-30-25-24(35-26)23(18(13-27)14-28-25)34-22-6-2-5-20(32)12-22/h2,5-10,12,14,17,32H,3-4,11,15-16H2,1H3,(H,28,29,30). The molecule has 0 bridgehead atoms. The minimum absolute atomic E-state index is 0.0801. The van der Waals surface area contributed by atoms with Gasteiger partial charge in [-0.2, -0.15) is 10.2 Å². The quantitative estimate of drug-likeness (QED) is 0.351. The largest absolute Gasteiger partial charge is 0.508 e. The van der Waals surface area contributed by atoms with Gasteiger partial charge in [0.25, 0.3) is 0 Å². The van der Waals surface area contributed by atoms with Crippen molar-refractivity contribution in [3.05, 3.63) is 60.3 Å². The fourth-order valence-corrected chi connectivity index (χ4v) is 5.06. The van der Waals surface area contributed by atoms with Gasteiger partial charge in [-0.25, -0.2) is 4.98 Å². The van der Waals surface area contributed by atoms with Crippen molar-refractivity contribution < 1.29 is 14.6 Å². The minimum atomic E-state index is 0.0801. The number of hydrogen-bond donors (Lipinski definition) is 2. The van der Waals surface area contributed by atoms with Crippen molar-refractivity contribution in [2.75, 3.05) is 32.1 Å². The van der Waals surface area contributed by atoms with Crippen LogP contribution in [0, 0.1) is 17.2 Å². The lowest BCUT2D eigenvalue weighted by atomic mass is 10.00. The first kappa shape index (κ1) is 22.9. The molecule has 35 heavy (non-hydrogen) atoms. The lowest BCUT2D eigenvalue weighted by molar-refractivity contribution is 0.150. The van der Waals surface area contributed by atoms with Crippen LogP contribution in [0.25, 0.3) is 10.3 Å². The number of likely N-dealkylation sites (tertiary alicyclic amines) is 1. The van der Waals surface area contributed by atoms with Crippen molar-refractivity contribution in [2.24, 2.45) is 5.92 Å². The van der Waals surface area contributed by atoms with Crippen molar-refractivity contribution >= 4 is 32.5 Å². The van der Waals surface area contributed by atoms with Gasteiger partial charge >= 0.3 is 0 Å². The highest BCUT2D eigenvalue weighted by atomic mass is 32.1. The summed E-state index contributed by atoms with van der Waals surface area (Å²) in [6, 6.07) is 16.4. The average Bonchev–Trinajstić information content (AvgIpc) is 3.27. The van der Waals surface area contributed by atoms with E-state index in [0.29, 0.717) is 38.5 Å². The highest BCUT2D eigenvalue weighted by Crippen LogP contribution is 2.39. The maximum absolute atomic E-state index is 9.74. The fraction of sp³-hybridized carbons (Fsp3) is 0.269. The number of nitriles is 1. The Labute approximate surface area is 207 Å². The van der Waals surface area contributed by atoms with E-state index in [0.717, 1.165) is 24.6 Å². The summed E-state index contributed by atoms with van der Waals surface area (Å²) in [7, 11) is 2.16. The zero-order chi connectivity index (χ0) is 24.2. The number of phenols is 1. The first-order valence-corrected chi connectivity index (χ1v) is 12.2. The summed E-state index contributed by atoms with van der Waals surface area (Å²) in [6.07, 6.45) is 3.88. The molecule has 1 aliphatic rings. The molecule has 2 N–H and O–H groups in total. The number of aromatic nitrogens is 2. The van der Waals surface area contributed by atoms with Crippen LogP contribution in [0.4, 0.5) is 10.8 Å². The number of hydrogen-bond acceptors (Lipinski definition) is 9. The van der Waals surface area contributed by atoms with E-state index in [1.807, 2.05) is 24.3 Å². The smallest absolute Gasteiger partial charge is 0.189 e. The first-order chi connectivity index (χ1) is 17.1. The Kier molecular flexibility index (Phi) is 6.66. The molecule has 4 aromatic rings. The van der Waals surface area contributed by atoms with E-state index < -0.39 is 0 Å². The van der Waals surface area contributed by atoms with Gasteiger partial charge in [0.2, 0.25) is 0 Å². The molecule has 1 aliphatic heterocycles. The second-order valence-corrected chi connectivity index (χ2v) is 9.61. The molecular weight excluding hydrogens is 462 g/mol. The molecule has 1 fully saturated rings. The number of thiazole rings is 1. The normalized spacial score (nSPS) is 16.1. The van der Waals surface area contributed by atoms with Crippen LogP contribution in [0.3, 0.4) is 0 Å². The van der Waals surface area contributed by atoms with Crippen molar-refractivity contribution in [1.82, 2.24) is 14.9 Å². The Morgan fingerprint density at radius 2 is 2.09 bits per heavy atom. The first-order valence-electron chi connectivity index (χ1n) is 11.4. The van der Waals surface area contributed by atoms with Gasteiger partial charge in [-0.05, 0) is 62.8 Å². The maximum Gasteiger partial charge on any atom is 0.189 e. The SMILES string of the molecule is CN1CCCC(COc2ccc(Nc3nc4ncc(C#N)c(Oc5cccc(O)c5)c4s3)cc2)C1. The van der Waals surface area contributed by atoms with Crippen molar-refractivity contribution in [2.45, 2.75) is 12.8 Å². The molecule has 3 heterocycles. The number of anilines is 2. The molecule has 2 aromatic heterocycles. The molecule has 1 saturated heterocycles. The molecule has 0 spiro atoms. The van der Waals surface area contributed by atoms with E-state index in [1.54, 1.807) is 18.2 Å². The summed E-state index contributed by atoms with van der Waals surface area (Å²) < 4.78 is 12.6. The summed E-state index contributed by atoms with van der Waals surface area (Å²) in [6.45, 7) is 2.97. The van der Waals surface area contributed by atoms with Gasteiger partial charge in [0.05, 0.1) is 12.8 Å². The Balaban J connectivity index is 1.30. The third-order valence-electron chi connectivity index (χ3n) is 5.85. The third-order valence-corrected chi connectivity index (χ3v) is 6.81. The van der Waals surface area contributed by atoms with Crippen LogP contribution in [0.1, 0.15) is 18.4 Å². The molecular formula is C26H25N5O3S. The predicted molar refractivity (Wildman–Crippen MR) is 136 cm³/mol. The Hall–Kier alpha value is -3.87. The van der Waals surface area contributed by atoms with Gasteiger partial charge in [0, 0.05) is 24.2 Å². The maximum atomic E-state index is 9.74. The number of nitrogens with one attached hydrogen (secondary N) is 1. The number of fused-ring (bicyclic) bond motifs is 1. The number of nitrogens with zero attached hydrogens (tertiary/aromatic N) is 4. The van der Waals surface area contributed by atoms with E-state index in [9.17, 15) is 10.4 Å². The van der Waals surface area contributed by atoms with Gasteiger partial charge in [0.1, 0.15) is 33.6 Å². The van der Waals surface area contributed by atoms with E-state index in [-0.39, 0.29) is 5.75 Å². The molecule has 178 valence electrons. The van der Waals surface area contributed by atoms with Crippen LogP contribution < -0.4 is 14.8 Å². The molecule has 0 amide bonds. The van der Waals surface area contributed by atoms with Crippen molar-refractivity contribution in [1.29, 1.82) is 5.26 Å². The second kappa shape index (κ2) is 10.2. The summed E-state index contributed by atoms with van der Waals surface area (Å²) >= 11 is 1.35. The van der Waals surface area contributed by atoms with Gasteiger partial charge in [0.15, 0.2) is 16.5 Å². The summed E-state index contributed by atoms with van der Waals surface area (Å²) in [5.74, 6) is 2.28. The van der Waals surface area contributed by atoms with Gasteiger partial charge in [-0.3, -0.25) is 0 Å². The van der Waals surface area contributed by atoms with Crippen LogP contribution >= 0.6 is 11.3 Å². The third kappa shape index (κ3) is 5.45.